The molecule has 10 heteroatoms. The zero-order valence-corrected chi connectivity index (χ0v) is 16.1. The first-order valence-corrected chi connectivity index (χ1v) is 9.84. The summed E-state index contributed by atoms with van der Waals surface area (Å²) in [6, 6.07) is 3.58. The van der Waals surface area contributed by atoms with Gasteiger partial charge in [-0.1, -0.05) is 0 Å². The Kier molecular flexibility index (Phi) is 7.10. The molecule has 1 atom stereocenters. The second kappa shape index (κ2) is 8.90. The lowest BCUT2D eigenvalue weighted by Crippen LogP contribution is -2.51. The highest BCUT2D eigenvalue weighted by molar-refractivity contribution is 7.89. The van der Waals surface area contributed by atoms with Crippen molar-refractivity contribution in [3.05, 3.63) is 18.2 Å². The Hall–Kier alpha value is -1.55. The van der Waals surface area contributed by atoms with Gasteiger partial charge in [0.05, 0.1) is 24.2 Å². The monoisotopic (exact) mass is 405 g/mol. The Bertz CT molecular complexity index is 739. The van der Waals surface area contributed by atoms with Crippen LogP contribution in [-0.2, 0) is 14.8 Å². The quantitative estimate of drug-likeness (QED) is 0.627. The molecule has 26 heavy (non-hydrogen) atoms. The molecule has 0 aliphatic carbocycles. The van der Waals surface area contributed by atoms with Gasteiger partial charge >= 0.3 is 0 Å². The SMILES string of the molecule is CC(NS(=O)(=O)c1ccc2c(c1)OCCCO2)C(=O)NCC1CNC1.Cl. The summed E-state index contributed by atoms with van der Waals surface area (Å²) in [5, 5.41) is 5.88. The van der Waals surface area contributed by atoms with Gasteiger partial charge in [0.2, 0.25) is 15.9 Å². The molecule has 1 fully saturated rings. The fourth-order valence-corrected chi connectivity index (χ4v) is 3.77. The number of hydrogen-bond acceptors (Lipinski definition) is 6. The van der Waals surface area contributed by atoms with Gasteiger partial charge < -0.3 is 20.1 Å². The summed E-state index contributed by atoms with van der Waals surface area (Å²) in [7, 11) is -3.84. The van der Waals surface area contributed by atoms with Crippen LogP contribution in [0.4, 0.5) is 0 Å². The predicted octanol–water partition coefficient (Wildman–Crippen LogP) is 0.272. The average molecular weight is 406 g/mol. The zero-order valence-electron chi connectivity index (χ0n) is 14.5. The predicted molar refractivity (Wildman–Crippen MR) is 98.4 cm³/mol. The van der Waals surface area contributed by atoms with Crippen molar-refractivity contribution >= 4 is 28.3 Å². The van der Waals surface area contributed by atoms with Gasteiger partial charge in [-0.2, -0.15) is 4.72 Å². The van der Waals surface area contributed by atoms with E-state index in [9.17, 15) is 13.2 Å². The van der Waals surface area contributed by atoms with Gasteiger partial charge in [-0.3, -0.25) is 4.79 Å². The molecule has 2 heterocycles. The number of halogens is 1. The summed E-state index contributed by atoms with van der Waals surface area (Å²) < 4.78 is 38.5. The van der Waals surface area contributed by atoms with E-state index >= 15 is 0 Å². The van der Waals surface area contributed by atoms with Crippen LogP contribution >= 0.6 is 12.4 Å². The molecular formula is C16H24ClN3O5S. The number of rotatable bonds is 6. The molecular weight excluding hydrogens is 382 g/mol. The molecule has 8 nitrogen and oxygen atoms in total. The maximum atomic E-state index is 12.5. The number of nitrogens with one attached hydrogen (secondary N) is 3. The number of carbonyl (C=O) groups is 1. The van der Waals surface area contributed by atoms with Crippen molar-refractivity contribution in [1.29, 1.82) is 0 Å². The topological polar surface area (TPSA) is 106 Å². The van der Waals surface area contributed by atoms with E-state index in [1.807, 2.05) is 0 Å². The molecule has 3 N–H and O–H groups in total. The van der Waals surface area contributed by atoms with Crippen molar-refractivity contribution in [2.75, 3.05) is 32.8 Å². The summed E-state index contributed by atoms with van der Waals surface area (Å²) in [5.74, 6) is 0.991. The largest absolute Gasteiger partial charge is 0.490 e. The van der Waals surface area contributed by atoms with E-state index in [1.54, 1.807) is 6.07 Å². The molecule has 0 spiro atoms. The molecule has 0 saturated carbocycles. The zero-order chi connectivity index (χ0) is 17.9. The van der Waals surface area contributed by atoms with E-state index in [1.165, 1.54) is 19.1 Å². The first-order valence-electron chi connectivity index (χ1n) is 8.36. The summed E-state index contributed by atoms with van der Waals surface area (Å²) in [6.45, 7) is 4.82. The normalized spacial score (nSPS) is 18.0. The van der Waals surface area contributed by atoms with Crippen LogP contribution in [0.15, 0.2) is 23.1 Å². The van der Waals surface area contributed by atoms with Crippen molar-refractivity contribution in [1.82, 2.24) is 15.4 Å². The third-order valence-electron chi connectivity index (χ3n) is 4.19. The van der Waals surface area contributed by atoms with Gasteiger partial charge in [0, 0.05) is 38.0 Å². The minimum Gasteiger partial charge on any atom is -0.490 e. The maximum Gasteiger partial charge on any atom is 0.241 e. The summed E-state index contributed by atoms with van der Waals surface area (Å²) in [6.07, 6.45) is 0.739. The molecule has 1 saturated heterocycles. The Morgan fingerprint density at radius 2 is 1.96 bits per heavy atom. The van der Waals surface area contributed by atoms with Gasteiger partial charge in [0.1, 0.15) is 0 Å². The minimum atomic E-state index is -3.84. The third-order valence-corrected chi connectivity index (χ3v) is 5.72. The number of carbonyl (C=O) groups excluding carboxylic acids is 1. The first kappa shape index (κ1) is 20.8. The third kappa shape index (κ3) is 5.00. The van der Waals surface area contributed by atoms with Crippen LogP contribution in [0.2, 0.25) is 0 Å². The fraction of sp³-hybridized carbons (Fsp3) is 0.562. The maximum absolute atomic E-state index is 12.5. The van der Waals surface area contributed by atoms with Crippen LogP contribution in [0.5, 0.6) is 11.5 Å². The van der Waals surface area contributed by atoms with E-state index in [4.69, 9.17) is 9.47 Å². The number of ether oxygens (including phenoxy) is 2. The highest BCUT2D eigenvalue weighted by Crippen LogP contribution is 2.31. The van der Waals surface area contributed by atoms with Crippen LogP contribution in [-0.4, -0.2) is 53.2 Å². The lowest BCUT2D eigenvalue weighted by Gasteiger charge is -2.27. The van der Waals surface area contributed by atoms with Crippen LogP contribution in [0.1, 0.15) is 13.3 Å². The van der Waals surface area contributed by atoms with Gasteiger partial charge in [-0.05, 0) is 19.1 Å². The van der Waals surface area contributed by atoms with E-state index in [0.29, 0.717) is 37.2 Å². The second-order valence-corrected chi connectivity index (χ2v) is 7.99. The Balaban J connectivity index is 0.00000243. The summed E-state index contributed by atoms with van der Waals surface area (Å²) in [4.78, 5) is 12.1. The highest BCUT2D eigenvalue weighted by atomic mass is 35.5. The molecule has 3 rings (SSSR count). The molecule has 1 amide bonds. The lowest BCUT2D eigenvalue weighted by molar-refractivity contribution is -0.122. The highest BCUT2D eigenvalue weighted by Gasteiger charge is 2.25. The van der Waals surface area contributed by atoms with E-state index in [-0.39, 0.29) is 23.2 Å². The molecule has 1 unspecified atom stereocenters. The molecule has 0 bridgehead atoms. The van der Waals surface area contributed by atoms with Crippen LogP contribution < -0.4 is 24.8 Å². The van der Waals surface area contributed by atoms with Crippen LogP contribution in [0.25, 0.3) is 0 Å². The van der Waals surface area contributed by atoms with Gasteiger partial charge in [0.25, 0.3) is 0 Å². The van der Waals surface area contributed by atoms with E-state index in [0.717, 1.165) is 19.5 Å². The van der Waals surface area contributed by atoms with E-state index in [2.05, 4.69) is 15.4 Å². The number of benzene rings is 1. The molecule has 2 aliphatic heterocycles. The van der Waals surface area contributed by atoms with Crippen molar-refractivity contribution in [2.24, 2.45) is 5.92 Å². The molecule has 2 aliphatic rings. The van der Waals surface area contributed by atoms with Gasteiger partial charge in [-0.25, -0.2) is 8.42 Å². The summed E-state index contributed by atoms with van der Waals surface area (Å²) in [5.41, 5.74) is 0. The smallest absolute Gasteiger partial charge is 0.241 e. The molecule has 146 valence electrons. The molecule has 1 aromatic rings. The minimum absolute atomic E-state index is 0. The number of hydrogen-bond donors (Lipinski definition) is 3. The Morgan fingerprint density at radius 1 is 1.27 bits per heavy atom. The number of sulfonamides is 1. The Morgan fingerprint density at radius 3 is 2.62 bits per heavy atom. The summed E-state index contributed by atoms with van der Waals surface area (Å²) >= 11 is 0. The van der Waals surface area contributed by atoms with E-state index < -0.39 is 16.1 Å². The van der Waals surface area contributed by atoms with Crippen molar-refractivity contribution in [3.8, 4) is 11.5 Å². The van der Waals surface area contributed by atoms with Gasteiger partial charge in [0.15, 0.2) is 11.5 Å². The molecule has 0 aromatic heterocycles. The first-order chi connectivity index (χ1) is 12.0. The van der Waals surface area contributed by atoms with Crippen molar-refractivity contribution < 1.29 is 22.7 Å². The Labute approximate surface area is 159 Å². The standard InChI is InChI=1S/C16H23N3O5S.ClH/c1-11(16(20)18-10-12-8-17-9-12)19-25(21,22)13-3-4-14-15(7-13)24-6-2-5-23-14;/h3-4,7,11-12,17,19H,2,5-6,8-10H2,1H3,(H,18,20);1H. The lowest BCUT2D eigenvalue weighted by atomic mass is 10.0. The number of fused-ring (bicyclic) bond motifs is 1. The average Bonchev–Trinajstić information content (AvgIpc) is 2.77. The molecule has 0 radical (unpaired) electrons. The second-order valence-electron chi connectivity index (χ2n) is 6.27. The van der Waals surface area contributed by atoms with Crippen LogP contribution in [0.3, 0.4) is 0 Å². The van der Waals surface area contributed by atoms with Crippen molar-refractivity contribution in [2.45, 2.75) is 24.3 Å². The number of amides is 1. The molecule has 1 aromatic carbocycles. The van der Waals surface area contributed by atoms with Crippen molar-refractivity contribution in [3.63, 3.8) is 0 Å². The van der Waals surface area contributed by atoms with Gasteiger partial charge in [-0.15, -0.1) is 12.4 Å². The van der Waals surface area contributed by atoms with Crippen LogP contribution in [0, 0.1) is 5.92 Å². The fourth-order valence-electron chi connectivity index (χ4n) is 2.56.